The number of hydrogen-bond donors (Lipinski definition) is 3. The molecule has 108 valence electrons. The van der Waals surface area contributed by atoms with Gasteiger partial charge >= 0.3 is 5.97 Å². The van der Waals surface area contributed by atoms with Crippen molar-refractivity contribution in [3.63, 3.8) is 0 Å². The van der Waals surface area contributed by atoms with E-state index >= 15 is 0 Å². The van der Waals surface area contributed by atoms with Gasteiger partial charge in [-0.15, -0.1) is 11.3 Å². The zero-order valence-corrected chi connectivity index (χ0v) is 12.5. The molecule has 4 unspecified atom stereocenters. The van der Waals surface area contributed by atoms with Crippen LogP contribution in [0.25, 0.3) is 0 Å². The van der Waals surface area contributed by atoms with Crippen molar-refractivity contribution < 1.29 is 15.0 Å². The van der Waals surface area contributed by atoms with Crippen LogP contribution >= 0.6 is 11.3 Å². The van der Waals surface area contributed by atoms with Gasteiger partial charge < -0.3 is 10.2 Å². The minimum atomic E-state index is -0.855. The molecule has 4 atom stereocenters. The van der Waals surface area contributed by atoms with Crippen LogP contribution in [0.15, 0.2) is 17.5 Å². The molecule has 1 aromatic rings. The van der Waals surface area contributed by atoms with Gasteiger partial charge in [-0.25, -0.2) is 0 Å². The van der Waals surface area contributed by atoms with E-state index in [1.165, 1.54) is 11.3 Å². The molecule has 0 radical (unpaired) electrons. The third kappa shape index (κ3) is 4.30. The van der Waals surface area contributed by atoms with Gasteiger partial charge in [0.1, 0.15) is 12.1 Å². The van der Waals surface area contributed by atoms with Crippen molar-refractivity contribution in [2.45, 2.75) is 51.8 Å². The minimum absolute atomic E-state index is 0.0297. The predicted molar refractivity (Wildman–Crippen MR) is 77.4 cm³/mol. The summed E-state index contributed by atoms with van der Waals surface area (Å²) in [5, 5.41) is 24.6. The molecular formula is C14H23NO3S. The van der Waals surface area contributed by atoms with Crippen molar-refractivity contribution in [1.29, 1.82) is 0 Å². The van der Waals surface area contributed by atoms with E-state index in [1.54, 1.807) is 0 Å². The van der Waals surface area contributed by atoms with Crippen LogP contribution < -0.4 is 5.32 Å². The summed E-state index contributed by atoms with van der Waals surface area (Å²) in [6.07, 6.45) is 0.810. The number of nitrogens with one attached hydrogen (secondary N) is 1. The van der Waals surface area contributed by atoms with Gasteiger partial charge in [-0.1, -0.05) is 33.3 Å². The maximum atomic E-state index is 11.3. The number of hydrogen-bond acceptors (Lipinski definition) is 4. The molecule has 0 aliphatic rings. The van der Waals surface area contributed by atoms with E-state index in [4.69, 9.17) is 0 Å². The number of aliphatic carboxylic acids is 1. The second-order valence-corrected chi connectivity index (χ2v) is 5.82. The van der Waals surface area contributed by atoms with Crippen LogP contribution in [0.5, 0.6) is 0 Å². The third-order valence-electron chi connectivity index (χ3n) is 3.53. The summed E-state index contributed by atoms with van der Waals surface area (Å²) in [7, 11) is 0. The highest BCUT2D eigenvalue weighted by Gasteiger charge is 2.29. The van der Waals surface area contributed by atoms with Crippen LogP contribution in [-0.4, -0.2) is 28.3 Å². The van der Waals surface area contributed by atoms with E-state index in [-0.39, 0.29) is 12.0 Å². The van der Waals surface area contributed by atoms with Gasteiger partial charge in [0.25, 0.3) is 0 Å². The van der Waals surface area contributed by atoms with E-state index in [0.717, 1.165) is 11.3 Å². The summed E-state index contributed by atoms with van der Waals surface area (Å²) in [6.45, 7) is 5.83. The summed E-state index contributed by atoms with van der Waals surface area (Å²) < 4.78 is 0. The van der Waals surface area contributed by atoms with Gasteiger partial charge in [-0.2, -0.15) is 0 Å². The van der Waals surface area contributed by atoms with E-state index in [2.05, 4.69) is 5.32 Å². The van der Waals surface area contributed by atoms with E-state index < -0.39 is 18.1 Å². The molecule has 0 fully saturated rings. The highest BCUT2D eigenvalue weighted by molar-refractivity contribution is 7.10. The van der Waals surface area contributed by atoms with Crippen molar-refractivity contribution in [2.75, 3.05) is 0 Å². The lowest BCUT2D eigenvalue weighted by Crippen LogP contribution is -2.49. The Labute approximate surface area is 118 Å². The molecule has 3 N–H and O–H groups in total. The first kappa shape index (κ1) is 16.1. The van der Waals surface area contributed by atoms with Crippen molar-refractivity contribution >= 4 is 17.3 Å². The fraction of sp³-hybridized carbons (Fsp3) is 0.643. The Morgan fingerprint density at radius 2 is 2.11 bits per heavy atom. The average molecular weight is 285 g/mol. The van der Waals surface area contributed by atoms with Crippen LogP contribution in [-0.2, 0) is 4.79 Å². The van der Waals surface area contributed by atoms with Crippen LogP contribution in [0.3, 0.4) is 0 Å². The fourth-order valence-corrected chi connectivity index (χ4v) is 2.81. The Morgan fingerprint density at radius 1 is 1.42 bits per heavy atom. The number of carboxylic acid groups (broad SMARTS) is 1. The van der Waals surface area contributed by atoms with Crippen molar-refractivity contribution in [1.82, 2.24) is 5.32 Å². The van der Waals surface area contributed by atoms with Gasteiger partial charge in [0.05, 0.1) is 0 Å². The Hall–Kier alpha value is -0.910. The Balaban J connectivity index is 2.76. The first-order valence-corrected chi connectivity index (χ1v) is 7.59. The number of aliphatic hydroxyl groups excluding tert-OH is 1. The molecule has 0 bridgehead atoms. The van der Waals surface area contributed by atoms with E-state index in [1.807, 2.05) is 38.3 Å². The Kier molecular flexibility index (Phi) is 6.48. The molecule has 4 nitrogen and oxygen atoms in total. The Morgan fingerprint density at radius 3 is 2.53 bits per heavy atom. The summed E-state index contributed by atoms with van der Waals surface area (Å²) >= 11 is 1.49. The normalized spacial score (nSPS) is 17.7. The Bertz CT molecular complexity index is 380. The quantitative estimate of drug-likeness (QED) is 0.687. The topological polar surface area (TPSA) is 69.6 Å². The highest BCUT2D eigenvalue weighted by atomic mass is 32.1. The lowest BCUT2D eigenvalue weighted by atomic mass is 9.96. The number of aliphatic hydroxyl groups is 1. The first-order valence-electron chi connectivity index (χ1n) is 6.71. The van der Waals surface area contributed by atoms with E-state index in [9.17, 15) is 15.0 Å². The van der Waals surface area contributed by atoms with Gasteiger partial charge in [0.15, 0.2) is 0 Å². The lowest BCUT2D eigenvalue weighted by Gasteiger charge is -2.28. The molecule has 1 rings (SSSR count). The molecule has 1 heterocycles. The van der Waals surface area contributed by atoms with Crippen molar-refractivity contribution in [2.24, 2.45) is 5.92 Å². The summed E-state index contributed by atoms with van der Waals surface area (Å²) in [5.41, 5.74) is 0. The molecule has 0 saturated carbocycles. The molecule has 0 saturated heterocycles. The lowest BCUT2D eigenvalue weighted by molar-refractivity contribution is -0.141. The SMILES string of the molecule is CCC(C)C(NC(CC)C(O)c1cccs1)C(=O)O. The standard InChI is InChI=1S/C14H23NO3S/c1-4-9(3)12(14(17)18)15-10(5-2)13(16)11-7-6-8-19-11/h6-10,12-13,15-16H,4-5H2,1-3H3,(H,17,18). The smallest absolute Gasteiger partial charge is 0.320 e. The molecule has 0 aliphatic heterocycles. The number of carboxylic acids is 1. The molecule has 0 aliphatic carbocycles. The molecule has 0 spiro atoms. The fourth-order valence-electron chi connectivity index (χ4n) is 2.04. The van der Waals surface area contributed by atoms with Gasteiger partial charge in [0.2, 0.25) is 0 Å². The third-order valence-corrected chi connectivity index (χ3v) is 4.47. The molecule has 1 aromatic heterocycles. The predicted octanol–water partition coefficient (Wildman–Crippen LogP) is 2.65. The first-order chi connectivity index (χ1) is 9.01. The van der Waals surface area contributed by atoms with Crippen molar-refractivity contribution in [3.05, 3.63) is 22.4 Å². The average Bonchev–Trinajstić information content (AvgIpc) is 2.92. The molecule has 19 heavy (non-hydrogen) atoms. The zero-order chi connectivity index (χ0) is 14.4. The van der Waals surface area contributed by atoms with Gasteiger partial charge in [-0.3, -0.25) is 10.1 Å². The zero-order valence-electron chi connectivity index (χ0n) is 11.7. The number of rotatable bonds is 8. The van der Waals surface area contributed by atoms with Crippen molar-refractivity contribution in [3.8, 4) is 0 Å². The molecule has 0 amide bonds. The van der Waals surface area contributed by atoms with Crippen LogP contribution in [0.4, 0.5) is 0 Å². The maximum absolute atomic E-state index is 11.3. The molecular weight excluding hydrogens is 262 g/mol. The second-order valence-electron chi connectivity index (χ2n) is 4.84. The maximum Gasteiger partial charge on any atom is 0.320 e. The summed E-state index contributed by atoms with van der Waals surface area (Å²) in [4.78, 5) is 12.2. The highest BCUT2D eigenvalue weighted by Crippen LogP contribution is 2.24. The second kappa shape index (κ2) is 7.62. The van der Waals surface area contributed by atoms with Crippen LogP contribution in [0.1, 0.15) is 44.6 Å². The van der Waals surface area contributed by atoms with E-state index in [0.29, 0.717) is 6.42 Å². The monoisotopic (exact) mass is 285 g/mol. The van der Waals surface area contributed by atoms with Crippen LogP contribution in [0.2, 0.25) is 0 Å². The summed E-state index contributed by atoms with van der Waals surface area (Å²) in [6, 6.07) is 2.90. The number of carbonyl (C=O) groups is 1. The number of thiophene rings is 1. The van der Waals surface area contributed by atoms with Crippen LogP contribution in [0, 0.1) is 5.92 Å². The molecule has 0 aromatic carbocycles. The van der Waals surface area contributed by atoms with Gasteiger partial charge in [0, 0.05) is 10.9 Å². The largest absolute Gasteiger partial charge is 0.480 e. The minimum Gasteiger partial charge on any atom is -0.480 e. The summed E-state index contributed by atoms with van der Waals surface area (Å²) in [5.74, 6) is -0.826. The molecule has 5 heteroatoms. The van der Waals surface area contributed by atoms with Gasteiger partial charge in [-0.05, 0) is 23.8 Å².